The Kier molecular flexibility index (Phi) is 4.84. The lowest BCUT2D eigenvalue weighted by Crippen LogP contribution is -2.33. The topological polar surface area (TPSA) is 23.5 Å². The van der Waals surface area contributed by atoms with Crippen molar-refractivity contribution in [2.24, 2.45) is 0 Å². The highest BCUT2D eigenvalue weighted by Crippen LogP contribution is 2.46. The maximum atomic E-state index is 12.8. The van der Waals surface area contributed by atoms with Gasteiger partial charge in [0.2, 0.25) is 0 Å². The van der Waals surface area contributed by atoms with Crippen LogP contribution in [0.5, 0.6) is 0 Å². The Bertz CT molecular complexity index is 828. The molecule has 1 N–H and O–H groups in total. The van der Waals surface area contributed by atoms with Crippen LogP contribution in [0.1, 0.15) is 23.6 Å². The summed E-state index contributed by atoms with van der Waals surface area (Å²) in [5.41, 5.74) is 1.40. The van der Waals surface area contributed by atoms with Gasteiger partial charge in [-0.1, -0.05) is 29.8 Å². The molecule has 0 aromatic heterocycles. The van der Waals surface area contributed by atoms with Crippen molar-refractivity contribution in [3.63, 3.8) is 0 Å². The van der Waals surface area contributed by atoms with Crippen LogP contribution in [0.25, 0.3) is 0 Å². The van der Waals surface area contributed by atoms with Crippen molar-refractivity contribution in [3.05, 3.63) is 75.8 Å². The highest BCUT2D eigenvalue weighted by atomic mass is 32.2. The number of benzene rings is 2. The number of thioether (sulfide) groups is 1. The normalized spacial score (nSPS) is 20.8. The highest BCUT2D eigenvalue weighted by Gasteiger charge is 2.44. The SMILES string of the molecule is CSC1=C(C)N(c2ccc(C)cc2)CC1(O)c1ccc(C(F)(F)F)cc1. The van der Waals surface area contributed by atoms with Gasteiger partial charge in [0, 0.05) is 16.3 Å². The number of anilines is 1. The molecule has 26 heavy (non-hydrogen) atoms. The van der Waals surface area contributed by atoms with E-state index in [1.807, 2.05) is 49.3 Å². The fraction of sp³-hybridized carbons (Fsp3) is 0.300. The molecule has 0 spiro atoms. The summed E-state index contributed by atoms with van der Waals surface area (Å²) in [4.78, 5) is 2.75. The van der Waals surface area contributed by atoms with Crippen LogP contribution in [-0.4, -0.2) is 17.9 Å². The summed E-state index contributed by atoms with van der Waals surface area (Å²) in [5, 5.41) is 11.4. The average molecular weight is 379 g/mol. The maximum Gasteiger partial charge on any atom is 0.416 e. The summed E-state index contributed by atoms with van der Waals surface area (Å²) in [7, 11) is 0. The van der Waals surface area contributed by atoms with Gasteiger partial charge in [-0.3, -0.25) is 0 Å². The number of halogens is 3. The summed E-state index contributed by atoms with van der Waals surface area (Å²) in [5.74, 6) is 0. The number of allylic oxidation sites excluding steroid dienone is 1. The predicted molar refractivity (Wildman–Crippen MR) is 100 cm³/mol. The number of aliphatic hydroxyl groups is 1. The Morgan fingerprint density at radius 1 is 1.00 bits per heavy atom. The molecule has 138 valence electrons. The maximum absolute atomic E-state index is 12.8. The molecule has 0 bridgehead atoms. The second-order valence-electron chi connectivity index (χ2n) is 6.48. The Labute approximate surface area is 155 Å². The lowest BCUT2D eigenvalue weighted by atomic mass is 9.93. The standard InChI is InChI=1S/C20H20F3NOS/c1-13-4-10-17(11-5-13)24-12-19(25,18(26-3)14(24)2)15-6-8-16(9-7-15)20(21,22)23/h4-11,25H,12H2,1-3H3. The number of aryl methyl sites for hydroxylation is 1. The zero-order valence-electron chi connectivity index (χ0n) is 14.8. The van der Waals surface area contributed by atoms with Gasteiger partial charge in [-0.2, -0.15) is 13.2 Å². The molecule has 1 atom stereocenters. The van der Waals surface area contributed by atoms with Crippen LogP contribution < -0.4 is 4.90 Å². The van der Waals surface area contributed by atoms with Gasteiger partial charge in [0.05, 0.1) is 12.1 Å². The Hall–Kier alpha value is -1.92. The average Bonchev–Trinajstić information content (AvgIpc) is 2.86. The van der Waals surface area contributed by atoms with E-state index in [0.29, 0.717) is 5.56 Å². The van der Waals surface area contributed by atoms with E-state index in [1.165, 1.54) is 23.9 Å². The first-order valence-corrected chi connectivity index (χ1v) is 9.39. The van der Waals surface area contributed by atoms with Gasteiger partial charge >= 0.3 is 6.18 Å². The number of nitrogens with zero attached hydrogens (tertiary/aromatic N) is 1. The zero-order valence-corrected chi connectivity index (χ0v) is 15.6. The van der Waals surface area contributed by atoms with Crippen molar-refractivity contribution >= 4 is 17.4 Å². The van der Waals surface area contributed by atoms with Gasteiger partial charge in [-0.05, 0) is 49.9 Å². The molecule has 1 unspecified atom stereocenters. The van der Waals surface area contributed by atoms with Crippen LogP contribution in [0.4, 0.5) is 18.9 Å². The predicted octanol–water partition coefficient (Wildman–Crippen LogP) is 5.32. The van der Waals surface area contributed by atoms with Crippen molar-refractivity contribution < 1.29 is 18.3 Å². The van der Waals surface area contributed by atoms with E-state index in [9.17, 15) is 18.3 Å². The first-order chi connectivity index (χ1) is 12.2. The van der Waals surface area contributed by atoms with Gasteiger partial charge < -0.3 is 10.0 Å². The second-order valence-corrected chi connectivity index (χ2v) is 7.29. The van der Waals surface area contributed by atoms with Gasteiger partial charge in [0.25, 0.3) is 0 Å². The second kappa shape index (κ2) is 6.67. The minimum atomic E-state index is -4.39. The summed E-state index contributed by atoms with van der Waals surface area (Å²) in [6.07, 6.45) is -2.52. The lowest BCUT2D eigenvalue weighted by Gasteiger charge is -2.28. The van der Waals surface area contributed by atoms with Crippen LogP contribution in [0.3, 0.4) is 0 Å². The van der Waals surface area contributed by atoms with Gasteiger partial charge in [0.1, 0.15) is 5.60 Å². The number of rotatable bonds is 3. The molecule has 6 heteroatoms. The summed E-state index contributed by atoms with van der Waals surface area (Å²) in [6.45, 7) is 4.19. The minimum absolute atomic E-state index is 0.267. The van der Waals surface area contributed by atoms with Crippen molar-refractivity contribution in [2.75, 3.05) is 17.7 Å². The number of hydrogen-bond acceptors (Lipinski definition) is 3. The van der Waals surface area contributed by atoms with Crippen molar-refractivity contribution in [1.82, 2.24) is 0 Å². The van der Waals surface area contributed by atoms with Crippen LogP contribution >= 0.6 is 11.8 Å². The number of hydrogen-bond donors (Lipinski definition) is 1. The molecule has 0 fully saturated rings. The van der Waals surface area contributed by atoms with E-state index in [-0.39, 0.29) is 6.54 Å². The molecular formula is C20H20F3NOS. The largest absolute Gasteiger partial charge is 0.416 e. The van der Waals surface area contributed by atoms with Crippen LogP contribution in [-0.2, 0) is 11.8 Å². The van der Waals surface area contributed by atoms with Gasteiger partial charge in [-0.25, -0.2) is 0 Å². The molecule has 0 aliphatic carbocycles. The summed E-state index contributed by atoms with van der Waals surface area (Å²) >= 11 is 1.42. The third kappa shape index (κ3) is 3.23. The first kappa shape index (κ1) is 18.9. The van der Waals surface area contributed by atoms with E-state index in [2.05, 4.69) is 0 Å². The van der Waals surface area contributed by atoms with E-state index in [0.717, 1.165) is 34.0 Å². The molecule has 2 nitrogen and oxygen atoms in total. The summed E-state index contributed by atoms with van der Waals surface area (Å²) < 4.78 is 38.5. The van der Waals surface area contributed by atoms with Crippen LogP contribution in [0.15, 0.2) is 59.1 Å². The van der Waals surface area contributed by atoms with E-state index in [1.54, 1.807) is 0 Å². The first-order valence-electron chi connectivity index (χ1n) is 8.16. The molecule has 1 heterocycles. The Morgan fingerprint density at radius 2 is 1.58 bits per heavy atom. The summed E-state index contributed by atoms with van der Waals surface area (Å²) in [6, 6.07) is 12.7. The smallest absolute Gasteiger partial charge is 0.378 e. The molecular weight excluding hydrogens is 359 g/mol. The molecule has 0 saturated carbocycles. The quantitative estimate of drug-likeness (QED) is 0.781. The number of alkyl halides is 3. The van der Waals surface area contributed by atoms with Crippen LogP contribution in [0, 0.1) is 6.92 Å². The highest BCUT2D eigenvalue weighted by molar-refractivity contribution is 8.02. The van der Waals surface area contributed by atoms with E-state index < -0.39 is 17.3 Å². The fourth-order valence-electron chi connectivity index (χ4n) is 3.32. The fourth-order valence-corrected chi connectivity index (χ4v) is 4.25. The monoisotopic (exact) mass is 379 g/mol. The molecule has 1 aliphatic heterocycles. The Balaban J connectivity index is 2.00. The zero-order chi connectivity index (χ0) is 19.1. The molecule has 1 aliphatic rings. The number of β-amino-alcohol motifs (C(OH)–C–C–N with tert-alkyl or cyclic N) is 1. The van der Waals surface area contributed by atoms with Crippen molar-refractivity contribution in [2.45, 2.75) is 25.6 Å². The van der Waals surface area contributed by atoms with Gasteiger partial charge in [-0.15, -0.1) is 11.8 Å². The lowest BCUT2D eigenvalue weighted by molar-refractivity contribution is -0.137. The Morgan fingerprint density at radius 3 is 2.08 bits per heavy atom. The molecule has 2 aromatic rings. The minimum Gasteiger partial charge on any atom is -0.378 e. The van der Waals surface area contributed by atoms with Crippen molar-refractivity contribution in [1.29, 1.82) is 0 Å². The molecule has 0 radical (unpaired) electrons. The van der Waals surface area contributed by atoms with E-state index in [4.69, 9.17) is 0 Å². The third-order valence-corrected chi connectivity index (χ3v) is 5.78. The molecule has 3 rings (SSSR count). The molecule has 2 aromatic carbocycles. The van der Waals surface area contributed by atoms with Crippen molar-refractivity contribution in [3.8, 4) is 0 Å². The molecule has 0 amide bonds. The third-order valence-electron chi connectivity index (χ3n) is 4.74. The van der Waals surface area contributed by atoms with Gasteiger partial charge in [0.15, 0.2) is 0 Å². The van der Waals surface area contributed by atoms with Crippen LogP contribution in [0.2, 0.25) is 0 Å². The van der Waals surface area contributed by atoms with E-state index >= 15 is 0 Å². The molecule has 0 saturated heterocycles.